The van der Waals surface area contributed by atoms with Gasteiger partial charge in [-0.25, -0.2) is 0 Å². The van der Waals surface area contributed by atoms with Gasteiger partial charge in [0.05, 0.1) is 0 Å². The van der Waals surface area contributed by atoms with Crippen molar-refractivity contribution in [2.75, 3.05) is 0 Å². The number of rotatable bonds is 1. The Labute approximate surface area is 78.0 Å². The lowest BCUT2D eigenvalue weighted by Crippen LogP contribution is -1.73. The maximum absolute atomic E-state index is 3.43. The minimum Gasteiger partial charge on any atom is -0.144 e. The maximum atomic E-state index is 3.43. The van der Waals surface area contributed by atoms with Crippen LogP contribution in [0.2, 0.25) is 0 Å². The van der Waals surface area contributed by atoms with Gasteiger partial charge in [-0.3, -0.25) is 0 Å². The Morgan fingerprint density at radius 3 is 3.00 bits per heavy atom. The van der Waals surface area contributed by atoms with Gasteiger partial charge in [-0.15, -0.1) is 11.3 Å². The number of fused-ring (bicyclic) bond motifs is 1. The van der Waals surface area contributed by atoms with E-state index < -0.39 is 0 Å². The van der Waals surface area contributed by atoms with E-state index >= 15 is 0 Å². The zero-order chi connectivity index (χ0) is 7.68. The molecular weight excluding hydrogens is 220 g/mol. The predicted octanol–water partition coefficient (Wildman–Crippen LogP) is 3.80. The number of hydrogen-bond acceptors (Lipinski definition) is 1. The smallest absolute Gasteiger partial charge is 0.0342 e. The van der Waals surface area contributed by atoms with Gasteiger partial charge in [0.15, 0.2) is 0 Å². The molecule has 2 rings (SSSR count). The monoisotopic (exact) mass is 226 g/mol. The number of alkyl halides is 1. The van der Waals surface area contributed by atoms with Crippen LogP contribution in [-0.4, -0.2) is 0 Å². The van der Waals surface area contributed by atoms with Crippen LogP contribution in [0.3, 0.4) is 0 Å². The fourth-order valence-corrected chi connectivity index (χ4v) is 2.22. The first-order valence-electron chi connectivity index (χ1n) is 3.42. The lowest BCUT2D eigenvalue weighted by Gasteiger charge is -1.93. The van der Waals surface area contributed by atoms with E-state index in [2.05, 4.69) is 45.6 Å². The lowest BCUT2D eigenvalue weighted by atomic mass is 10.2. The third kappa shape index (κ3) is 1.33. The third-order valence-electron chi connectivity index (χ3n) is 1.67. The molecule has 0 saturated heterocycles. The molecule has 2 aromatic rings. The second-order valence-electron chi connectivity index (χ2n) is 2.43. The molecular formula is C9H7BrS. The van der Waals surface area contributed by atoms with Crippen LogP contribution in [0.15, 0.2) is 29.6 Å². The van der Waals surface area contributed by atoms with E-state index in [4.69, 9.17) is 0 Å². The van der Waals surface area contributed by atoms with Crippen molar-refractivity contribution >= 4 is 37.4 Å². The Kier molecular flexibility index (Phi) is 1.96. The van der Waals surface area contributed by atoms with Crippen LogP contribution >= 0.6 is 27.3 Å². The van der Waals surface area contributed by atoms with Crippen molar-refractivity contribution in [2.45, 2.75) is 5.33 Å². The van der Waals surface area contributed by atoms with E-state index in [-0.39, 0.29) is 0 Å². The molecule has 0 amide bonds. The van der Waals surface area contributed by atoms with Crippen LogP contribution in [0.5, 0.6) is 0 Å². The molecule has 0 fully saturated rings. The second-order valence-corrected chi connectivity index (χ2v) is 3.93. The highest BCUT2D eigenvalue weighted by Gasteiger charge is 1.94. The molecule has 1 aromatic heterocycles. The molecule has 0 bridgehead atoms. The van der Waals surface area contributed by atoms with Crippen LogP contribution in [0.4, 0.5) is 0 Å². The molecule has 1 aromatic carbocycles. The lowest BCUT2D eigenvalue weighted by molar-refractivity contribution is 1.47. The Hall–Kier alpha value is -0.340. The molecule has 0 radical (unpaired) electrons. The molecule has 0 aliphatic carbocycles. The van der Waals surface area contributed by atoms with Gasteiger partial charge >= 0.3 is 0 Å². The summed E-state index contributed by atoms with van der Waals surface area (Å²) in [5.41, 5.74) is 1.34. The van der Waals surface area contributed by atoms with Crippen molar-refractivity contribution in [1.29, 1.82) is 0 Å². The van der Waals surface area contributed by atoms with Crippen LogP contribution in [0, 0.1) is 0 Å². The summed E-state index contributed by atoms with van der Waals surface area (Å²) >= 11 is 5.23. The SMILES string of the molecule is BrCc1ccc2sccc2c1. The standard InChI is InChI=1S/C9H7BrS/c10-6-7-1-2-9-8(5-7)3-4-11-9/h1-5H,6H2. The Morgan fingerprint density at radius 1 is 1.27 bits per heavy atom. The highest BCUT2D eigenvalue weighted by atomic mass is 79.9. The first kappa shape index (κ1) is 7.32. The summed E-state index contributed by atoms with van der Waals surface area (Å²) in [7, 11) is 0. The predicted molar refractivity (Wildman–Crippen MR) is 54.5 cm³/mol. The Balaban J connectivity index is 2.67. The minimum atomic E-state index is 0.943. The van der Waals surface area contributed by atoms with Crippen molar-refractivity contribution in [3.8, 4) is 0 Å². The van der Waals surface area contributed by atoms with Gasteiger partial charge < -0.3 is 0 Å². The van der Waals surface area contributed by atoms with E-state index in [1.807, 2.05) is 0 Å². The van der Waals surface area contributed by atoms with Crippen LogP contribution in [-0.2, 0) is 5.33 Å². The molecule has 0 aliphatic rings. The zero-order valence-electron chi connectivity index (χ0n) is 5.88. The molecule has 0 atom stereocenters. The maximum Gasteiger partial charge on any atom is 0.0342 e. The average molecular weight is 227 g/mol. The quantitative estimate of drug-likeness (QED) is 0.650. The summed E-state index contributed by atoms with van der Waals surface area (Å²) < 4.78 is 1.37. The second kappa shape index (κ2) is 2.95. The van der Waals surface area contributed by atoms with Crippen molar-refractivity contribution < 1.29 is 0 Å². The fraction of sp³-hybridized carbons (Fsp3) is 0.111. The van der Waals surface area contributed by atoms with Gasteiger partial charge in [0.25, 0.3) is 0 Å². The van der Waals surface area contributed by atoms with Gasteiger partial charge in [-0.2, -0.15) is 0 Å². The number of thiophene rings is 1. The topological polar surface area (TPSA) is 0 Å². The third-order valence-corrected chi connectivity index (χ3v) is 3.22. The molecule has 0 N–H and O–H groups in total. The summed E-state index contributed by atoms with van der Waals surface area (Å²) in [6.07, 6.45) is 0. The van der Waals surface area contributed by atoms with Crippen molar-refractivity contribution in [3.05, 3.63) is 35.2 Å². The molecule has 0 unspecified atom stereocenters. The summed E-state index contributed by atoms with van der Waals surface area (Å²) in [4.78, 5) is 0. The minimum absolute atomic E-state index is 0.943. The molecule has 1 heterocycles. The van der Waals surface area contributed by atoms with Gasteiger partial charge in [-0.05, 0) is 34.5 Å². The normalized spacial score (nSPS) is 10.6. The Bertz CT molecular complexity index is 364. The van der Waals surface area contributed by atoms with Crippen molar-refractivity contribution in [3.63, 3.8) is 0 Å². The number of hydrogen-bond donors (Lipinski definition) is 0. The van der Waals surface area contributed by atoms with Gasteiger partial charge in [0.1, 0.15) is 0 Å². The summed E-state index contributed by atoms with van der Waals surface area (Å²) in [6.45, 7) is 0. The van der Waals surface area contributed by atoms with Crippen LogP contribution in [0.1, 0.15) is 5.56 Å². The highest BCUT2D eigenvalue weighted by Crippen LogP contribution is 2.22. The van der Waals surface area contributed by atoms with Crippen LogP contribution in [0.25, 0.3) is 10.1 Å². The molecule has 0 nitrogen and oxygen atoms in total. The Morgan fingerprint density at radius 2 is 2.18 bits per heavy atom. The summed E-state index contributed by atoms with van der Waals surface area (Å²) in [5, 5.41) is 4.42. The van der Waals surface area contributed by atoms with E-state index in [1.165, 1.54) is 15.6 Å². The first-order valence-corrected chi connectivity index (χ1v) is 5.42. The highest BCUT2D eigenvalue weighted by molar-refractivity contribution is 9.08. The molecule has 56 valence electrons. The zero-order valence-corrected chi connectivity index (χ0v) is 8.28. The molecule has 11 heavy (non-hydrogen) atoms. The van der Waals surface area contributed by atoms with Crippen molar-refractivity contribution in [2.24, 2.45) is 0 Å². The van der Waals surface area contributed by atoms with Gasteiger partial charge in [0, 0.05) is 10.0 Å². The van der Waals surface area contributed by atoms with E-state index in [1.54, 1.807) is 11.3 Å². The molecule has 0 aliphatic heterocycles. The molecule has 2 heteroatoms. The number of benzene rings is 1. The summed E-state index contributed by atoms with van der Waals surface area (Å²) in [5.74, 6) is 0. The first-order chi connectivity index (χ1) is 5.40. The molecule has 0 saturated carbocycles. The largest absolute Gasteiger partial charge is 0.144 e. The van der Waals surface area contributed by atoms with Gasteiger partial charge in [0.2, 0.25) is 0 Å². The van der Waals surface area contributed by atoms with Crippen LogP contribution < -0.4 is 0 Å². The van der Waals surface area contributed by atoms with E-state index in [0.29, 0.717) is 0 Å². The fourth-order valence-electron chi connectivity index (χ4n) is 1.10. The summed E-state index contributed by atoms with van der Waals surface area (Å²) in [6, 6.07) is 8.72. The van der Waals surface area contributed by atoms with Gasteiger partial charge in [-0.1, -0.05) is 22.0 Å². The molecule has 0 spiro atoms. The van der Waals surface area contributed by atoms with Crippen molar-refractivity contribution in [1.82, 2.24) is 0 Å². The van der Waals surface area contributed by atoms with E-state index in [0.717, 1.165) is 5.33 Å². The number of halogens is 1. The average Bonchev–Trinajstić information content (AvgIpc) is 2.50. The van der Waals surface area contributed by atoms with E-state index in [9.17, 15) is 0 Å².